The fraction of sp³-hybridized carbons (Fsp3) is 0.897. The summed E-state index contributed by atoms with van der Waals surface area (Å²) in [5.41, 5.74) is -0.495. The van der Waals surface area contributed by atoms with Crippen LogP contribution in [0.15, 0.2) is 11.6 Å². The third-order valence-electron chi connectivity index (χ3n) is 11.8. The summed E-state index contributed by atoms with van der Waals surface area (Å²) < 4.78 is 17.3. The SMILES string of the molecule is C[C@@H]1C[C@@H](O)[C@@H](O)[C@H](O[C@H]2CC[C@@]3(C)[C@H](CC[C@@H]4[C@@H]3[C@H](O)C[C@]3(C)[C@@H](C5=CC(=O)OC5)CC[C@]43O)C2)O1. The van der Waals surface area contributed by atoms with E-state index in [4.69, 9.17) is 14.2 Å². The summed E-state index contributed by atoms with van der Waals surface area (Å²) in [4.78, 5) is 11.8. The van der Waals surface area contributed by atoms with Gasteiger partial charge in [0.15, 0.2) is 6.29 Å². The van der Waals surface area contributed by atoms with Crippen LogP contribution in [-0.2, 0) is 19.0 Å². The number of hydrogen-bond donors (Lipinski definition) is 4. The molecule has 4 aliphatic carbocycles. The molecule has 0 unspecified atom stereocenters. The molecule has 4 N–H and O–H groups in total. The molecule has 37 heavy (non-hydrogen) atoms. The van der Waals surface area contributed by atoms with Gasteiger partial charge < -0.3 is 34.6 Å². The van der Waals surface area contributed by atoms with E-state index in [1.807, 2.05) is 6.92 Å². The van der Waals surface area contributed by atoms with Gasteiger partial charge in [0, 0.05) is 17.9 Å². The maximum Gasteiger partial charge on any atom is 0.331 e. The van der Waals surface area contributed by atoms with Crippen molar-refractivity contribution in [2.24, 2.45) is 34.5 Å². The normalized spacial score (nSPS) is 55.6. The Kier molecular flexibility index (Phi) is 6.37. The number of rotatable bonds is 3. The second-order valence-electron chi connectivity index (χ2n) is 13.6. The van der Waals surface area contributed by atoms with Crippen molar-refractivity contribution in [1.29, 1.82) is 0 Å². The van der Waals surface area contributed by atoms with Crippen LogP contribution in [0.3, 0.4) is 0 Å². The molecular formula is C29H44O8. The van der Waals surface area contributed by atoms with E-state index < -0.39 is 35.6 Å². The van der Waals surface area contributed by atoms with Gasteiger partial charge in [0.05, 0.1) is 30.0 Å². The summed E-state index contributed by atoms with van der Waals surface area (Å²) in [7, 11) is 0. The van der Waals surface area contributed by atoms with Gasteiger partial charge in [0.25, 0.3) is 0 Å². The Morgan fingerprint density at radius 3 is 2.54 bits per heavy atom. The van der Waals surface area contributed by atoms with Crippen LogP contribution in [0.4, 0.5) is 0 Å². The predicted octanol–water partition coefficient (Wildman–Crippen LogP) is 2.46. The molecule has 1 saturated heterocycles. The topological polar surface area (TPSA) is 126 Å². The van der Waals surface area contributed by atoms with Gasteiger partial charge in [-0.3, -0.25) is 0 Å². The van der Waals surface area contributed by atoms with Gasteiger partial charge in [-0.2, -0.15) is 0 Å². The first-order valence-electron chi connectivity index (χ1n) is 14.4. The minimum atomic E-state index is -1.04. The second-order valence-corrected chi connectivity index (χ2v) is 13.6. The summed E-state index contributed by atoms with van der Waals surface area (Å²) in [6.45, 7) is 6.61. The van der Waals surface area contributed by atoms with Crippen molar-refractivity contribution in [1.82, 2.24) is 0 Å². The lowest BCUT2D eigenvalue weighted by molar-refractivity contribution is -0.290. The Hall–Kier alpha value is -1.03. The number of cyclic esters (lactones) is 1. The monoisotopic (exact) mass is 520 g/mol. The van der Waals surface area contributed by atoms with Crippen molar-refractivity contribution < 1.29 is 39.4 Å². The number of esters is 1. The zero-order chi connectivity index (χ0) is 26.3. The third kappa shape index (κ3) is 3.88. The lowest BCUT2D eigenvalue weighted by Gasteiger charge is -2.65. The maximum absolute atomic E-state index is 12.4. The van der Waals surface area contributed by atoms with Crippen molar-refractivity contribution in [2.45, 2.75) is 121 Å². The van der Waals surface area contributed by atoms with Gasteiger partial charge in [-0.05, 0) is 93.0 Å². The van der Waals surface area contributed by atoms with E-state index in [0.717, 1.165) is 44.1 Å². The molecule has 0 aromatic heterocycles. The third-order valence-corrected chi connectivity index (χ3v) is 11.8. The number of fused-ring (bicyclic) bond motifs is 5. The predicted molar refractivity (Wildman–Crippen MR) is 133 cm³/mol. The molecule has 0 amide bonds. The van der Waals surface area contributed by atoms with Gasteiger partial charge in [0.1, 0.15) is 12.7 Å². The van der Waals surface area contributed by atoms with Crippen LogP contribution in [0, 0.1) is 34.5 Å². The van der Waals surface area contributed by atoms with Crippen molar-refractivity contribution >= 4 is 5.97 Å². The molecule has 208 valence electrons. The van der Waals surface area contributed by atoms with Crippen molar-refractivity contribution in [2.75, 3.05) is 6.61 Å². The van der Waals surface area contributed by atoms with Crippen molar-refractivity contribution in [3.8, 4) is 0 Å². The first kappa shape index (κ1) is 26.2. The minimum Gasteiger partial charge on any atom is -0.458 e. The van der Waals surface area contributed by atoms with Crippen LogP contribution in [0.1, 0.15) is 78.6 Å². The van der Waals surface area contributed by atoms with Gasteiger partial charge in [-0.25, -0.2) is 4.79 Å². The molecular weight excluding hydrogens is 476 g/mol. The minimum absolute atomic E-state index is 0.0119. The summed E-state index contributed by atoms with van der Waals surface area (Å²) in [6.07, 6.45) is 4.92. The van der Waals surface area contributed by atoms with E-state index in [1.165, 1.54) is 0 Å². The molecule has 8 nitrogen and oxygen atoms in total. The zero-order valence-corrected chi connectivity index (χ0v) is 22.3. The second kappa shape index (κ2) is 9.00. The summed E-state index contributed by atoms with van der Waals surface area (Å²) in [6, 6.07) is 0. The van der Waals surface area contributed by atoms with E-state index >= 15 is 0 Å². The number of hydrogen-bond acceptors (Lipinski definition) is 8. The molecule has 4 saturated carbocycles. The van der Waals surface area contributed by atoms with E-state index in [0.29, 0.717) is 31.8 Å². The molecule has 5 fully saturated rings. The largest absolute Gasteiger partial charge is 0.458 e. The quantitative estimate of drug-likeness (QED) is 0.330. The highest BCUT2D eigenvalue weighted by Crippen LogP contribution is 2.70. The van der Waals surface area contributed by atoms with Gasteiger partial charge in [-0.15, -0.1) is 0 Å². The van der Waals surface area contributed by atoms with Crippen LogP contribution in [0.25, 0.3) is 0 Å². The Balaban J connectivity index is 1.20. The van der Waals surface area contributed by atoms with Gasteiger partial charge in [-0.1, -0.05) is 13.8 Å². The molecule has 2 aliphatic heterocycles. The number of carbonyl (C=O) groups is 1. The molecule has 6 aliphatic rings. The lowest BCUT2D eigenvalue weighted by Crippen LogP contribution is -2.66. The fourth-order valence-electron chi connectivity index (χ4n) is 9.93. The zero-order valence-electron chi connectivity index (χ0n) is 22.3. The van der Waals surface area contributed by atoms with E-state index in [1.54, 1.807) is 6.08 Å². The van der Waals surface area contributed by atoms with Crippen molar-refractivity contribution in [3.05, 3.63) is 11.6 Å². The molecule has 0 spiro atoms. The van der Waals surface area contributed by atoms with E-state index in [9.17, 15) is 25.2 Å². The fourth-order valence-corrected chi connectivity index (χ4v) is 9.93. The van der Waals surface area contributed by atoms with E-state index in [-0.39, 0.29) is 41.3 Å². The lowest BCUT2D eigenvalue weighted by atomic mass is 9.42. The summed E-state index contributed by atoms with van der Waals surface area (Å²) in [5.74, 6) is 0.124. The van der Waals surface area contributed by atoms with Crippen LogP contribution >= 0.6 is 0 Å². The number of ether oxygens (including phenoxy) is 3. The first-order chi connectivity index (χ1) is 17.5. The maximum atomic E-state index is 12.4. The molecule has 13 atom stereocenters. The van der Waals surface area contributed by atoms with Crippen LogP contribution in [0.2, 0.25) is 0 Å². The smallest absolute Gasteiger partial charge is 0.331 e. The number of aliphatic hydroxyl groups is 4. The highest BCUT2D eigenvalue weighted by Gasteiger charge is 2.70. The van der Waals surface area contributed by atoms with Crippen LogP contribution < -0.4 is 0 Å². The average molecular weight is 521 g/mol. The summed E-state index contributed by atoms with van der Waals surface area (Å²) >= 11 is 0. The van der Waals surface area contributed by atoms with Crippen LogP contribution in [0.5, 0.6) is 0 Å². The Labute approximate surface area is 219 Å². The van der Waals surface area contributed by atoms with Crippen molar-refractivity contribution in [3.63, 3.8) is 0 Å². The Bertz CT molecular complexity index is 952. The Morgan fingerprint density at radius 1 is 1.03 bits per heavy atom. The highest BCUT2D eigenvalue weighted by atomic mass is 16.7. The summed E-state index contributed by atoms with van der Waals surface area (Å²) in [5, 5.41) is 44.7. The van der Waals surface area contributed by atoms with Gasteiger partial charge in [0.2, 0.25) is 0 Å². The molecule has 6 rings (SSSR count). The highest BCUT2D eigenvalue weighted by molar-refractivity contribution is 5.85. The van der Waals surface area contributed by atoms with Gasteiger partial charge >= 0.3 is 5.97 Å². The molecule has 2 heterocycles. The number of aliphatic hydroxyl groups excluding tert-OH is 3. The molecule has 0 aromatic carbocycles. The van der Waals surface area contributed by atoms with Crippen LogP contribution in [-0.4, -0.2) is 75.4 Å². The molecule has 0 radical (unpaired) electrons. The average Bonchev–Trinajstić information content (AvgIpc) is 3.37. The standard InChI is InChI=1S/C29H44O8/c1-15-10-21(30)25(33)26(36-15)37-18-6-8-27(2)17(12-18)4-5-20-24(27)22(31)13-28(3)19(7-9-29(20,28)34)16-11-23(32)35-14-16/h11,15,17-22,24-26,30-31,33-34H,4-10,12-14H2,1-3H3/t15-,17-,18+,19-,20-,21-,22-,24-,25-,26+,27+,28-,29+/m1/s1. The van der Waals surface area contributed by atoms with E-state index in [2.05, 4.69) is 13.8 Å². The molecule has 0 aromatic rings. The number of carbonyl (C=O) groups excluding carboxylic acids is 1. The molecule has 0 bridgehead atoms. The first-order valence-corrected chi connectivity index (χ1v) is 14.4. The Morgan fingerprint density at radius 2 is 1.81 bits per heavy atom. The molecule has 8 heteroatoms.